The van der Waals surface area contributed by atoms with Crippen LogP contribution in [-0.4, -0.2) is 40.0 Å². The van der Waals surface area contributed by atoms with Gasteiger partial charge < -0.3 is 9.80 Å². The number of benzene rings is 1. The molecule has 30 heavy (non-hydrogen) atoms. The zero-order valence-corrected chi connectivity index (χ0v) is 19.5. The molecule has 3 heterocycles. The Kier molecular flexibility index (Phi) is 5.59. The van der Waals surface area contributed by atoms with Crippen molar-refractivity contribution in [3.63, 3.8) is 0 Å². The zero-order chi connectivity index (χ0) is 21.6. The number of aromatic nitrogens is 3. The number of likely N-dealkylation sites (N-methyl/N-ethyl adjacent to an activating group) is 1. The Labute approximate surface area is 186 Å². The van der Waals surface area contributed by atoms with Gasteiger partial charge in [-0.1, -0.05) is 6.92 Å². The monoisotopic (exact) mass is 489 g/mol. The largest absolute Gasteiger partial charge is 0.340 e. The second kappa shape index (κ2) is 8.03. The summed E-state index contributed by atoms with van der Waals surface area (Å²) in [5, 5.41) is 0. The number of halogens is 2. The minimum absolute atomic E-state index is 0.0441. The van der Waals surface area contributed by atoms with E-state index in [-0.39, 0.29) is 23.8 Å². The van der Waals surface area contributed by atoms with E-state index in [2.05, 4.69) is 44.6 Å². The van der Waals surface area contributed by atoms with Crippen molar-refractivity contribution in [1.82, 2.24) is 15.0 Å². The normalized spacial score (nSPS) is 16.4. The van der Waals surface area contributed by atoms with Crippen molar-refractivity contribution < 1.29 is 9.18 Å². The van der Waals surface area contributed by atoms with E-state index in [0.29, 0.717) is 27.5 Å². The maximum Gasteiger partial charge on any atom is 0.249 e. The topological polar surface area (TPSA) is 62.2 Å². The summed E-state index contributed by atoms with van der Waals surface area (Å²) in [7, 11) is 1.76. The second-order valence-electron chi connectivity index (χ2n) is 7.38. The van der Waals surface area contributed by atoms with Crippen LogP contribution >= 0.6 is 27.3 Å². The molecule has 4 rings (SSSR count). The summed E-state index contributed by atoms with van der Waals surface area (Å²) in [6.45, 7) is 6.12. The molecule has 1 unspecified atom stereocenters. The van der Waals surface area contributed by atoms with Crippen LogP contribution in [0, 0.1) is 5.82 Å². The van der Waals surface area contributed by atoms with Gasteiger partial charge in [-0.05, 0) is 60.5 Å². The van der Waals surface area contributed by atoms with Crippen LogP contribution in [-0.2, 0) is 4.79 Å². The summed E-state index contributed by atoms with van der Waals surface area (Å²) < 4.78 is 14.1. The summed E-state index contributed by atoms with van der Waals surface area (Å²) in [5.74, 6) is 1.01. The minimum Gasteiger partial charge on any atom is -0.340 e. The molecule has 0 saturated heterocycles. The molecule has 0 N–H and O–H groups in total. The highest BCUT2D eigenvalue weighted by Gasteiger charge is 2.38. The Bertz CT molecular complexity index is 1100. The first kappa shape index (κ1) is 20.9. The average Bonchev–Trinajstić information content (AvgIpc) is 3.12. The van der Waals surface area contributed by atoms with Gasteiger partial charge in [0, 0.05) is 18.7 Å². The third kappa shape index (κ3) is 3.50. The first-order chi connectivity index (χ1) is 14.3. The van der Waals surface area contributed by atoms with E-state index in [9.17, 15) is 9.18 Å². The van der Waals surface area contributed by atoms with Crippen molar-refractivity contribution in [2.24, 2.45) is 0 Å². The number of amides is 1. The average molecular weight is 490 g/mol. The molecule has 3 aromatic rings. The van der Waals surface area contributed by atoms with Gasteiger partial charge in [-0.25, -0.2) is 19.3 Å². The zero-order valence-electron chi connectivity index (χ0n) is 17.1. The molecule has 1 aromatic carbocycles. The molecule has 0 bridgehead atoms. The first-order valence-electron chi connectivity index (χ1n) is 9.67. The van der Waals surface area contributed by atoms with Crippen molar-refractivity contribution >= 4 is 44.7 Å². The van der Waals surface area contributed by atoms with E-state index in [0.717, 1.165) is 16.3 Å². The lowest BCUT2D eigenvalue weighted by Gasteiger charge is -2.42. The number of nitrogens with zero attached hydrogens (tertiary/aromatic N) is 5. The van der Waals surface area contributed by atoms with Gasteiger partial charge in [-0.15, -0.1) is 11.3 Å². The number of fused-ring (bicyclic) bond motifs is 1. The summed E-state index contributed by atoms with van der Waals surface area (Å²) in [6, 6.07) is 6.03. The minimum atomic E-state index is -0.300. The van der Waals surface area contributed by atoms with Gasteiger partial charge in [-0.2, -0.15) is 0 Å². The van der Waals surface area contributed by atoms with Crippen molar-refractivity contribution in [2.45, 2.75) is 39.3 Å². The highest BCUT2D eigenvalue weighted by Crippen LogP contribution is 2.41. The number of carbonyl (C=O) groups excluding carboxylic acids is 1. The van der Waals surface area contributed by atoms with Gasteiger partial charge in [0.05, 0.1) is 11.9 Å². The van der Waals surface area contributed by atoms with Crippen LogP contribution in [0.2, 0.25) is 0 Å². The summed E-state index contributed by atoms with van der Waals surface area (Å²) in [6.07, 6.45) is 2.38. The molecule has 2 aromatic heterocycles. The lowest BCUT2D eigenvalue weighted by atomic mass is 10.1. The second-order valence-corrected chi connectivity index (χ2v) is 9.65. The van der Waals surface area contributed by atoms with Gasteiger partial charge in [0.15, 0.2) is 15.6 Å². The van der Waals surface area contributed by atoms with E-state index in [1.807, 2.05) is 6.92 Å². The maximum absolute atomic E-state index is 13.4. The molecule has 0 fully saturated rings. The van der Waals surface area contributed by atoms with Crippen LogP contribution in [0.1, 0.15) is 27.2 Å². The highest BCUT2D eigenvalue weighted by atomic mass is 79.9. The summed E-state index contributed by atoms with van der Waals surface area (Å²) in [4.78, 5) is 31.3. The maximum atomic E-state index is 13.4. The Balaban J connectivity index is 1.87. The van der Waals surface area contributed by atoms with E-state index in [1.165, 1.54) is 23.5 Å². The Morgan fingerprint density at radius 3 is 2.57 bits per heavy atom. The van der Waals surface area contributed by atoms with Gasteiger partial charge >= 0.3 is 0 Å². The van der Waals surface area contributed by atoms with E-state index in [1.54, 1.807) is 30.3 Å². The third-order valence-electron chi connectivity index (χ3n) is 5.17. The van der Waals surface area contributed by atoms with Gasteiger partial charge in [-0.3, -0.25) is 4.79 Å². The van der Waals surface area contributed by atoms with Crippen LogP contribution in [0.5, 0.6) is 0 Å². The molecule has 6 nitrogen and oxygen atoms in total. The smallest absolute Gasteiger partial charge is 0.249 e. The molecule has 0 saturated carbocycles. The molecule has 1 aliphatic rings. The van der Waals surface area contributed by atoms with Crippen molar-refractivity contribution in [3.05, 3.63) is 40.2 Å². The molecule has 1 amide bonds. The number of hydrogen-bond acceptors (Lipinski definition) is 6. The van der Waals surface area contributed by atoms with Crippen LogP contribution in [0.4, 0.5) is 15.9 Å². The Morgan fingerprint density at radius 1 is 1.23 bits per heavy atom. The van der Waals surface area contributed by atoms with E-state index in [4.69, 9.17) is 4.98 Å². The van der Waals surface area contributed by atoms with Crippen molar-refractivity contribution in [1.29, 1.82) is 0 Å². The molecule has 0 aliphatic carbocycles. The molecule has 0 radical (unpaired) electrons. The molecular formula is C21H21BrFN5OS. The van der Waals surface area contributed by atoms with Crippen LogP contribution < -0.4 is 9.80 Å². The Hall–Kier alpha value is -2.39. The molecule has 9 heteroatoms. The van der Waals surface area contributed by atoms with Crippen molar-refractivity contribution in [3.8, 4) is 22.0 Å². The van der Waals surface area contributed by atoms with Gasteiger partial charge in [0.2, 0.25) is 5.91 Å². The quantitative estimate of drug-likeness (QED) is 0.507. The highest BCUT2D eigenvalue weighted by molar-refractivity contribution is 9.11. The van der Waals surface area contributed by atoms with Crippen molar-refractivity contribution in [2.75, 3.05) is 16.8 Å². The van der Waals surface area contributed by atoms with E-state index >= 15 is 0 Å². The molecule has 1 atom stereocenters. The standard InChI is InChI=1S/C21H21BrFN5OS/c1-5-14-20(29)27(4)15-10-24-18(26-19(15)28(14)11(2)3)17-16(25-21(22)30-17)12-6-8-13(23)9-7-12/h6-11,14H,5H2,1-4H3. The third-order valence-corrected chi connectivity index (χ3v) is 6.67. The fourth-order valence-electron chi connectivity index (χ4n) is 3.74. The lowest BCUT2D eigenvalue weighted by Crippen LogP contribution is -2.54. The number of anilines is 2. The summed E-state index contributed by atoms with van der Waals surface area (Å²) >= 11 is 4.88. The lowest BCUT2D eigenvalue weighted by molar-refractivity contribution is -0.120. The number of carbonyl (C=O) groups is 1. The number of hydrogen-bond donors (Lipinski definition) is 0. The van der Waals surface area contributed by atoms with Gasteiger partial charge in [0.1, 0.15) is 22.4 Å². The van der Waals surface area contributed by atoms with Crippen LogP contribution in [0.25, 0.3) is 22.0 Å². The predicted octanol–water partition coefficient (Wildman–Crippen LogP) is 5.14. The fourth-order valence-corrected chi connectivity index (χ4v) is 5.15. The molecule has 156 valence electrons. The number of rotatable bonds is 4. The fraction of sp³-hybridized carbons (Fsp3) is 0.333. The van der Waals surface area contributed by atoms with Crippen LogP contribution in [0.15, 0.2) is 34.4 Å². The molecular weight excluding hydrogens is 469 g/mol. The number of thiazole rings is 1. The SMILES string of the molecule is CCC1C(=O)N(C)c2cnc(-c3sc(Br)nc3-c3ccc(F)cc3)nc2N1C(C)C. The van der Waals surface area contributed by atoms with Gasteiger partial charge in [0.25, 0.3) is 0 Å². The molecule has 1 aliphatic heterocycles. The predicted molar refractivity (Wildman–Crippen MR) is 121 cm³/mol. The van der Waals surface area contributed by atoms with E-state index < -0.39 is 0 Å². The first-order valence-corrected chi connectivity index (χ1v) is 11.3. The van der Waals surface area contributed by atoms with Crippen LogP contribution in [0.3, 0.4) is 0 Å². The molecule has 0 spiro atoms. The Morgan fingerprint density at radius 2 is 1.93 bits per heavy atom. The summed E-state index contributed by atoms with van der Waals surface area (Å²) in [5.41, 5.74) is 2.17.